The maximum Gasteiger partial charge on any atom is 0.245 e. The average Bonchev–Trinajstić information content (AvgIpc) is 2.48. The molecule has 112 valence electrons. The van der Waals surface area contributed by atoms with E-state index in [4.69, 9.17) is 5.73 Å². The zero-order chi connectivity index (χ0) is 16.1. The van der Waals surface area contributed by atoms with Gasteiger partial charge in [-0.05, 0) is 56.3 Å². The number of nitrogens with zero attached hydrogens (tertiary/aromatic N) is 1. The molecule has 1 heterocycles. The van der Waals surface area contributed by atoms with E-state index in [-0.39, 0.29) is 17.5 Å². The lowest BCUT2D eigenvalue weighted by Crippen LogP contribution is -2.47. The van der Waals surface area contributed by atoms with Crippen LogP contribution in [0.4, 0.5) is 21.5 Å². The summed E-state index contributed by atoms with van der Waals surface area (Å²) in [5, 5.41) is 0. The van der Waals surface area contributed by atoms with Gasteiger partial charge in [0.05, 0.1) is 5.69 Å². The molecule has 2 aromatic rings. The standard InChI is InChI=1S/C17H15FN2O2/c1-17(2)15(21)13-9-11(19)5-8-14(13)20(16(17)22)12-6-3-10(18)4-7-12/h3-9H,19H2,1-2H3. The highest BCUT2D eigenvalue weighted by Gasteiger charge is 2.46. The summed E-state index contributed by atoms with van der Waals surface area (Å²) in [6, 6.07) is 10.4. The third-order valence-electron chi connectivity index (χ3n) is 3.90. The molecule has 0 fully saturated rings. The number of carbonyl (C=O) groups is 2. The zero-order valence-electron chi connectivity index (χ0n) is 12.3. The molecular formula is C17H15FN2O2. The second kappa shape index (κ2) is 4.66. The number of Topliss-reactive ketones (excluding diaryl/α,β-unsaturated/α-hetero) is 1. The molecule has 0 atom stereocenters. The van der Waals surface area contributed by atoms with Crippen LogP contribution >= 0.6 is 0 Å². The number of rotatable bonds is 1. The minimum atomic E-state index is -1.20. The second-order valence-electron chi connectivity index (χ2n) is 5.85. The molecule has 0 unspecified atom stereocenters. The molecular weight excluding hydrogens is 283 g/mol. The van der Waals surface area contributed by atoms with Gasteiger partial charge in [-0.25, -0.2) is 4.39 Å². The van der Waals surface area contributed by atoms with E-state index < -0.39 is 5.41 Å². The maximum atomic E-state index is 13.1. The van der Waals surface area contributed by atoms with Gasteiger partial charge in [0.2, 0.25) is 5.91 Å². The Labute approximate surface area is 127 Å². The van der Waals surface area contributed by atoms with Crippen molar-refractivity contribution in [2.45, 2.75) is 13.8 Å². The minimum Gasteiger partial charge on any atom is -0.399 e. The topological polar surface area (TPSA) is 63.4 Å². The molecule has 0 bridgehead atoms. The quantitative estimate of drug-likeness (QED) is 0.649. The SMILES string of the molecule is CC1(C)C(=O)c2cc(N)ccc2N(c2ccc(F)cc2)C1=O. The van der Waals surface area contributed by atoms with E-state index in [1.54, 1.807) is 32.0 Å². The van der Waals surface area contributed by atoms with Crippen molar-refractivity contribution in [1.82, 2.24) is 0 Å². The van der Waals surface area contributed by atoms with Gasteiger partial charge in [-0.15, -0.1) is 0 Å². The number of hydrogen-bond acceptors (Lipinski definition) is 3. The summed E-state index contributed by atoms with van der Waals surface area (Å²) in [4.78, 5) is 26.8. The first-order valence-electron chi connectivity index (χ1n) is 6.87. The zero-order valence-corrected chi connectivity index (χ0v) is 12.3. The number of hydrogen-bond donors (Lipinski definition) is 1. The van der Waals surface area contributed by atoms with Gasteiger partial charge in [0.15, 0.2) is 5.78 Å². The third kappa shape index (κ3) is 1.97. The Bertz CT molecular complexity index is 782. The number of fused-ring (bicyclic) bond motifs is 1. The lowest BCUT2D eigenvalue weighted by atomic mass is 9.78. The van der Waals surface area contributed by atoms with Crippen molar-refractivity contribution >= 4 is 28.8 Å². The number of carbonyl (C=O) groups excluding carboxylic acids is 2. The molecule has 2 aromatic carbocycles. The largest absolute Gasteiger partial charge is 0.399 e. The first kappa shape index (κ1) is 14.3. The number of anilines is 3. The van der Waals surface area contributed by atoms with Crippen molar-refractivity contribution in [2.75, 3.05) is 10.6 Å². The van der Waals surface area contributed by atoms with Crippen molar-refractivity contribution in [3.63, 3.8) is 0 Å². The molecule has 0 aliphatic carbocycles. The van der Waals surface area contributed by atoms with Gasteiger partial charge < -0.3 is 5.73 Å². The van der Waals surface area contributed by atoms with Gasteiger partial charge in [-0.2, -0.15) is 0 Å². The van der Waals surface area contributed by atoms with Gasteiger partial charge >= 0.3 is 0 Å². The molecule has 2 N–H and O–H groups in total. The van der Waals surface area contributed by atoms with E-state index in [2.05, 4.69) is 0 Å². The Kier molecular flexibility index (Phi) is 3.02. The number of benzene rings is 2. The van der Waals surface area contributed by atoms with E-state index in [1.165, 1.54) is 29.2 Å². The normalized spacial score (nSPS) is 16.6. The first-order chi connectivity index (χ1) is 10.3. The van der Waals surface area contributed by atoms with Crippen LogP contribution in [-0.2, 0) is 4.79 Å². The van der Waals surface area contributed by atoms with Crippen LogP contribution < -0.4 is 10.6 Å². The predicted molar refractivity (Wildman–Crippen MR) is 82.5 cm³/mol. The summed E-state index contributed by atoms with van der Waals surface area (Å²) in [7, 11) is 0. The van der Waals surface area contributed by atoms with Crippen LogP contribution in [0.15, 0.2) is 42.5 Å². The number of ketones is 1. The highest BCUT2D eigenvalue weighted by atomic mass is 19.1. The van der Waals surface area contributed by atoms with Crippen molar-refractivity contribution in [1.29, 1.82) is 0 Å². The summed E-state index contributed by atoms with van der Waals surface area (Å²) in [6.45, 7) is 3.17. The Hall–Kier alpha value is -2.69. The smallest absolute Gasteiger partial charge is 0.245 e. The van der Waals surface area contributed by atoms with Crippen LogP contribution in [0.2, 0.25) is 0 Å². The first-order valence-corrected chi connectivity index (χ1v) is 6.87. The number of nitrogens with two attached hydrogens (primary N) is 1. The molecule has 0 spiro atoms. The molecule has 3 rings (SSSR count). The maximum absolute atomic E-state index is 13.1. The molecule has 0 saturated heterocycles. The molecule has 4 nitrogen and oxygen atoms in total. The Morgan fingerprint density at radius 3 is 2.32 bits per heavy atom. The summed E-state index contributed by atoms with van der Waals surface area (Å²) >= 11 is 0. The Balaban J connectivity index is 2.25. The summed E-state index contributed by atoms with van der Waals surface area (Å²) in [5.41, 5.74) is 6.40. The minimum absolute atomic E-state index is 0.266. The van der Waals surface area contributed by atoms with Crippen LogP contribution in [-0.4, -0.2) is 11.7 Å². The highest BCUT2D eigenvalue weighted by molar-refractivity contribution is 6.26. The van der Waals surface area contributed by atoms with Gasteiger partial charge in [-0.1, -0.05) is 0 Å². The average molecular weight is 298 g/mol. The molecule has 0 aromatic heterocycles. The fourth-order valence-corrected chi connectivity index (χ4v) is 2.60. The number of amides is 1. The van der Waals surface area contributed by atoms with Crippen molar-refractivity contribution in [3.05, 3.63) is 53.8 Å². The van der Waals surface area contributed by atoms with Gasteiger partial charge in [0, 0.05) is 16.9 Å². The van der Waals surface area contributed by atoms with Crippen molar-refractivity contribution in [2.24, 2.45) is 5.41 Å². The molecule has 5 heteroatoms. The van der Waals surface area contributed by atoms with E-state index >= 15 is 0 Å². The van der Waals surface area contributed by atoms with Crippen LogP contribution in [0.1, 0.15) is 24.2 Å². The Morgan fingerprint density at radius 2 is 1.68 bits per heavy atom. The van der Waals surface area contributed by atoms with Gasteiger partial charge in [-0.3, -0.25) is 14.5 Å². The molecule has 1 aliphatic heterocycles. The highest BCUT2D eigenvalue weighted by Crippen LogP contribution is 2.41. The van der Waals surface area contributed by atoms with E-state index in [0.717, 1.165) is 0 Å². The lowest BCUT2D eigenvalue weighted by Gasteiger charge is -2.37. The van der Waals surface area contributed by atoms with Crippen LogP contribution in [0.5, 0.6) is 0 Å². The molecule has 0 saturated carbocycles. The van der Waals surface area contributed by atoms with Crippen LogP contribution in [0.3, 0.4) is 0 Å². The van der Waals surface area contributed by atoms with Crippen molar-refractivity contribution in [3.8, 4) is 0 Å². The fraction of sp³-hybridized carbons (Fsp3) is 0.176. The van der Waals surface area contributed by atoms with E-state index in [9.17, 15) is 14.0 Å². The number of halogens is 1. The van der Waals surface area contributed by atoms with E-state index in [0.29, 0.717) is 22.6 Å². The van der Waals surface area contributed by atoms with Crippen molar-refractivity contribution < 1.29 is 14.0 Å². The second-order valence-corrected chi connectivity index (χ2v) is 5.85. The monoisotopic (exact) mass is 298 g/mol. The fourth-order valence-electron chi connectivity index (χ4n) is 2.60. The summed E-state index contributed by atoms with van der Waals surface area (Å²) in [6.07, 6.45) is 0. The van der Waals surface area contributed by atoms with Gasteiger partial charge in [0.1, 0.15) is 11.2 Å². The van der Waals surface area contributed by atoms with Gasteiger partial charge in [0.25, 0.3) is 0 Å². The molecule has 1 amide bonds. The van der Waals surface area contributed by atoms with Crippen LogP contribution in [0.25, 0.3) is 0 Å². The third-order valence-corrected chi connectivity index (χ3v) is 3.90. The Morgan fingerprint density at radius 1 is 1.05 bits per heavy atom. The van der Waals surface area contributed by atoms with E-state index in [1.807, 2.05) is 0 Å². The summed E-state index contributed by atoms with van der Waals surface area (Å²) in [5.74, 6) is -0.999. The van der Waals surface area contributed by atoms with Crippen LogP contribution in [0, 0.1) is 11.2 Å². The predicted octanol–water partition coefficient (Wildman–Crippen LogP) is 3.30. The molecule has 0 radical (unpaired) electrons. The lowest BCUT2D eigenvalue weighted by molar-refractivity contribution is -0.124. The molecule has 22 heavy (non-hydrogen) atoms. The number of nitrogen functional groups attached to an aromatic ring is 1. The molecule has 1 aliphatic rings. The summed E-state index contributed by atoms with van der Waals surface area (Å²) < 4.78 is 13.1.